The Bertz CT molecular complexity index is 49.6. The van der Waals surface area contributed by atoms with Crippen LogP contribution in [0.5, 0.6) is 0 Å². The third kappa shape index (κ3) is 3.27. The highest BCUT2D eigenvalue weighted by atomic mass is 16.3. The Morgan fingerprint density at radius 2 is 2.40 bits per heavy atom. The van der Waals surface area contributed by atoms with Crippen molar-refractivity contribution in [2.75, 3.05) is 0 Å². The largest absolute Gasteiger partial charge is 0.124 e. The smallest absolute Gasteiger partial charge is 0.0794 e. The molecule has 0 atom stereocenters. The summed E-state index contributed by atoms with van der Waals surface area (Å²) in [4.78, 5) is 8.96. The molecule has 0 heterocycles. The first-order chi connectivity index (χ1) is 2.41. The average molecular weight is 72.1 g/mol. The van der Waals surface area contributed by atoms with Crippen LogP contribution in [-0.4, -0.2) is 6.21 Å². The second kappa shape index (κ2) is 3.27. The summed E-state index contributed by atoms with van der Waals surface area (Å²) in [6.45, 7) is 1.63. The van der Waals surface area contributed by atoms with Crippen molar-refractivity contribution in [2.45, 2.75) is 6.92 Å². The van der Waals surface area contributed by atoms with Gasteiger partial charge in [0.1, 0.15) is 0 Å². The Kier molecular flexibility index (Phi) is 2.79. The number of hydrogen-bond acceptors (Lipinski definition) is 2. The molecule has 0 radical (unpaired) electrons. The molecule has 0 spiro atoms. The van der Waals surface area contributed by atoms with Crippen LogP contribution in [0.25, 0.3) is 0 Å². The quantitative estimate of drug-likeness (QED) is 0.256. The van der Waals surface area contributed by atoms with Gasteiger partial charge >= 0.3 is 0 Å². The first-order valence-electron chi connectivity index (χ1n) is 1.22. The molecule has 0 aliphatic rings. The summed E-state index contributed by atoms with van der Waals surface area (Å²) < 4.78 is 0. The lowest BCUT2D eigenvalue weighted by molar-refractivity contribution is 1.23. The molecule has 28 valence electrons. The van der Waals surface area contributed by atoms with Gasteiger partial charge in [0.15, 0.2) is 0 Å². The molecule has 0 aromatic carbocycles. The van der Waals surface area contributed by atoms with Crippen molar-refractivity contribution in [3.8, 4) is 0 Å². The lowest BCUT2D eigenvalue weighted by Gasteiger charge is -1.51. The van der Waals surface area contributed by atoms with Crippen molar-refractivity contribution in [1.29, 1.82) is 0 Å². The van der Waals surface area contributed by atoms with Gasteiger partial charge in [0.2, 0.25) is 0 Å². The molecule has 0 rings (SSSR count). The number of rotatable bonds is 1. The number of nitrogens with zero attached hydrogens (tertiary/aromatic N) is 2. The topological polar surface area (TPSA) is 41.8 Å². The van der Waals surface area contributed by atoms with Gasteiger partial charge in [-0.3, -0.25) is 0 Å². The molecule has 0 bridgehead atoms. The number of nitroso groups, excluding NO2 is 1. The average Bonchev–Trinajstić information content (AvgIpc) is 1.41. The highest BCUT2D eigenvalue weighted by Crippen LogP contribution is 1.57. The second-order valence-electron chi connectivity index (χ2n) is 0.455. The highest BCUT2D eigenvalue weighted by molar-refractivity contribution is 5.52. The fourth-order valence-corrected chi connectivity index (χ4v) is 0.0471. The predicted molar refractivity (Wildman–Crippen MR) is 20.0 cm³/mol. The van der Waals surface area contributed by atoms with Gasteiger partial charge in [-0.1, -0.05) is 0 Å². The lowest BCUT2D eigenvalue weighted by atomic mass is 10.9. The molecule has 0 unspecified atom stereocenters. The van der Waals surface area contributed by atoms with Crippen molar-refractivity contribution < 1.29 is 0 Å². The van der Waals surface area contributed by atoms with Crippen molar-refractivity contribution in [3.05, 3.63) is 4.91 Å². The van der Waals surface area contributed by atoms with E-state index >= 15 is 0 Å². The van der Waals surface area contributed by atoms with Crippen LogP contribution in [0, 0.1) is 4.91 Å². The van der Waals surface area contributed by atoms with Gasteiger partial charge in [0, 0.05) is 6.21 Å². The zero-order valence-corrected chi connectivity index (χ0v) is 2.88. The molecule has 0 fully saturated rings. The standard InChI is InChI=1S/C2H4N2O/c1-2-3-4-5/h2H,1H3/b3-2+. The maximum atomic E-state index is 8.96. The minimum absolute atomic E-state index is 1.33. The van der Waals surface area contributed by atoms with Crippen LogP contribution in [0.15, 0.2) is 10.4 Å². The zero-order chi connectivity index (χ0) is 4.12. The van der Waals surface area contributed by atoms with Crippen LogP contribution < -0.4 is 0 Å². The summed E-state index contributed by atoms with van der Waals surface area (Å²) >= 11 is 0. The van der Waals surface area contributed by atoms with E-state index in [1.54, 1.807) is 6.92 Å². The van der Waals surface area contributed by atoms with Gasteiger partial charge in [0.05, 0.1) is 5.29 Å². The van der Waals surface area contributed by atoms with E-state index in [4.69, 9.17) is 4.91 Å². The minimum atomic E-state index is 1.33. The highest BCUT2D eigenvalue weighted by Gasteiger charge is 1.47. The Balaban J connectivity index is 2.92. The van der Waals surface area contributed by atoms with Crippen molar-refractivity contribution in [2.24, 2.45) is 10.4 Å². The van der Waals surface area contributed by atoms with Crippen LogP contribution >= 0.6 is 0 Å². The molecule has 3 heteroatoms. The summed E-state index contributed by atoms with van der Waals surface area (Å²) in [6, 6.07) is 0. The van der Waals surface area contributed by atoms with E-state index in [0.29, 0.717) is 0 Å². The third-order valence-corrected chi connectivity index (χ3v) is 0.163. The maximum Gasteiger partial charge on any atom is 0.0794 e. The molecular formula is C2H4N2O. The van der Waals surface area contributed by atoms with Crippen LogP contribution in [0.2, 0.25) is 0 Å². The van der Waals surface area contributed by atoms with Gasteiger partial charge in [-0.2, -0.15) is 0 Å². The summed E-state index contributed by atoms with van der Waals surface area (Å²) in [5.74, 6) is 0. The minimum Gasteiger partial charge on any atom is -0.124 e. The van der Waals surface area contributed by atoms with E-state index in [0.717, 1.165) is 0 Å². The zero-order valence-electron chi connectivity index (χ0n) is 2.88. The Labute approximate surface area is 29.7 Å². The van der Waals surface area contributed by atoms with Crippen LogP contribution in [0.3, 0.4) is 0 Å². The SMILES string of the molecule is C/C=N/N=O. The van der Waals surface area contributed by atoms with E-state index in [-0.39, 0.29) is 0 Å². The van der Waals surface area contributed by atoms with Crippen molar-refractivity contribution in [3.63, 3.8) is 0 Å². The maximum absolute atomic E-state index is 8.96. The summed E-state index contributed by atoms with van der Waals surface area (Å²) in [6.07, 6.45) is 1.33. The normalized spacial score (nSPS) is 9.00. The molecule has 5 heavy (non-hydrogen) atoms. The molecule has 0 aromatic rings. The first-order valence-corrected chi connectivity index (χ1v) is 1.22. The fourth-order valence-electron chi connectivity index (χ4n) is 0.0471. The molecule has 0 aliphatic carbocycles. The molecular weight excluding hydrogens is 68.0 g/mol. The van der Waals surface area contributed by atoms with Crippen LogP contribution in [0.1, 0.15) is 6.92 Å². The molecule has 3 nitrogen and oxygen atoms in total. The summed E-state index contributed by atoms with van der Waals surface area (Å²) in [5.41, 5.74) is 0. The van der Waals surface area contributed by atoms with E-state index in [9.17, 15) is 0 Å². The van der Waals surface area contributed by atoms with Crippen LogP contribution in [-0.2, 0) is 0 Å². The lowest BCUT2D eigenvalue weighted by Crippen LogP contribution is -1.46. The third-order valence-electron chi connectivity index (χ3n) is 0.163. The Morgan fingerprint density at radius 1 is 1.80 bits per heavy atom. The number of hydrogen-bond donors (Lipinski definition) is 0. The van der Waals surface area contributed by atoms with E-state index in [2.05, 4.69) is 10.4 Å². The Hall–Kier alpha value is -0.730. The van der Waals surface area contributed by atoms with Gasteiger partial charge in [-0.25, -0.2) is 0 Å². The molecule has 0 aromatic heterocycles. The molecule has 0 N–H and O–H groups in total. The molecule has 0 amide bonds. The van der Waals surface area contributed by atoms with Crippen molar-refractivity contribution in [1.82, 2.24) is 0 Å². The van der Waals surface area contributed by atoms with E-state index in [1.165, 1.54) is 6.21 Å². The van der Waals surface area contributed by atoms with Crippen LogP contribution in [0.4, 0.5) is 0 Å². The Morgan fingerprint density at radius 3 is 2.40 bits per heavy atom. The van der Waals surface area contributed by atoms with Gasteiger partial charge in [-0.05, 0) is 6.92 Å². The van der Waals surface area contributed by atoms with Gasteiger partial charge < -0.3 is 0 Å². The summed E-state index contributed by atoms with van der Waals surface area (Å²) in [5, 5.41) is 5.09. The van der Waals surface area contributed by atoms with E-state index < -0.39 is 0 Å². The molecule has 0 saturated heterocycles. The fraction of sp³-hybridized carbons (Fsp3) is 0.500. The van der Waals surface area contributed by atoms with Gasteiger partial charge in [-0.15, -0.1) is 10.0 Å². The monoisotopic (exact) mass is 72.0 g/mol. The van der Waals surface area contributed by atoms with Gasteiger partial charge in [0.25, 0.3) is 0 Å². The molecule has 0 saturated carbocycles. The van der Waals surface area contributed by atoms with Crippen molar-refractivity contribution >= 4 is 6.21 Å². The summed E-state index contributed by atoms with van der Waals surface area (Å²) in [7, 11) is 0. The predicted octanol–water partition coefficient (Wildman–Crippen LogP) is 0.759. The van der Waals surface area contributed by atoms with E-state index in [1.807, 2.05) is 0 Å². The second-order valence-corrected chi connectivity index (χ2v) is 0.455. The molecule has 0 aliphatic heterocycles. The first kappa shape index (κ1) is 4.27.